The maximum absolute atomic E-state index is 4.49. The summed E-state index contributed by atoms with van der Waals surface area (Å²) >= 11 is 1.82. The van der Waals surface area contributed by atoms with Crippen LogP contribution < -0.4 is 10.2 Å². The lowest BCUT2D eigenvalue weighted by atomic mass is 10.00. The highest BCUT2D eigenvalue weighted by atomic mass is 32.1. The Morgan fingerprint density at radius 1 is 1.53 bits per heavy atom. The average Bonchev–Trinajstić information content (AvgIpc) is 2.68. The molecule has 4 heteroatoms. The Morgan fingerprint density at radius 3 is 2.93 bits per heavy atom. The summed E-state index contributed by atoms with van der Waals surface area (Å²) in [4.78, 5) is 8.23. The lowest BCUT2D eigenvalue weighted by Crippen LogP contribution is -2.32. The second-order valence-electron chi connectivity index (χ2n) is 4.31. The predicted octanol–water partition coefficient (Wildman–Crippen LogP) is 2.10. The van der Waals surface area contributed by atoms with Crippen LogP contribution in [0.25, 0.3) is 0 Å². The number of aromatic nitrogens is 1. The minimum absolute atomic E-state index is 0.887. The van der Waals surface area contributed by atoms with Gasteiger partial charge in [-0.1, -0.05) is 6.92 Å². The first-order valence-corrected chi connectivity index (χ1v) is 6.45. The highest BCUT2D eigenvalue weighted by Crippen LogP contribution is 2.26. The zero-order valence-electron chi connectivity index (χ0n) is 9.49. The van der Waals surface area contributed by atoms with Crippen molar-refractivity contribution in [3.63, 3.8) is 0 Å². The molecule has 1 fully saturated rings. The van der Waals surface area contributed by atoms with Crippen molar-refractivity contribution in [3.05, 3.63) is 11.1 Å². The van der Waals surface area contributed by atoms with Gasteiger partial charge in [-0.3, -0.25) is 0 Å². The summed E-state index contributed by atoms with van der Waals surface area (Å²) in [5.41, 5.74) is 0. The van der Waals surface area contributed by atoms with Crippen molar-refractivity contribution in [2.45, 2.75) is 26.3 Å². The molecule has 1 aromatic heterocycles. The molecule has 0 aliphatic carbocycles. The lowest BCUT2D eigenvalue weighted by molar-refractivity contribution is 0.438. The molecule has 0 amide bonds. The maximum atomic E-state index is 4.49. The molecular weight excluding hydrogens is 206 g/mol. The van der Waals surface area contributed by atoms with E-state index < -0.39 is 0 Å². The number of thiazole rings is 1. The predicted molar refractivity (Wildman–Crippen MR) is 65.5 cm³/mol. The van der Waals surface area contributed by atoms with Gasteiger partial charge in [0.2, 0.25) is 0 Å². The molecule has 2 heterocycles. The molecule has 84 valence electrons. The van der Waals surface area contributed by atoms with E-state index in [1.54, 1.807) is 0 Å². The van der Waals surface area contributed by atoms with E-state index in [9.17, 15) is 0 Å². The monoisotopic (exact) mass is 225 g/mol. The van der Waals surface area contributed by atoms with Crippen LogP contribution in [0.4, 0.5) is 5.13 Å². The zero-order chi connectivity index (χ0) is 10.7. The van der Waals surface area contributed by atoms with Crippen LogP contribution >= 0.6 is 11.3 Å². The topological polar surface area (TPSA) is 28.2 Å². The smallest absolute Gasteiger partial charge is 0.185 e. The molecule has 3 nitrogen and oxygen atoms in total. The summed E-state index contributed by atoms with van der Waals surface area (Å²) in [5.74, 6) is 0.887. The quantitative estimate of drug-likeness (QED) is 0.854. The first-order valence-electron chi connectivity index (χ1n) is 5.64. The van der Waals surface area contributed by atoms with E-state index >= 15 is 0 Å². The van der Waals surface area contributed by atoms with Gasteiger partial charge >= 0.3 is 0 Å². The van der Waals surface area contributed by atoms with Crippen LogP contribution in [0.1, 0.15) is 24.6 Å². The maximum Gasteiger partial charge on any atom is 0.185 e. The van der Waals surface area contributed by atoms with Crippen molar-refractivity contribution in [2.24, 2.45) is 5.92 Å². The van der Waals surface area contributed by atoms with Crippen LogP contribution in [-0.4, -0.2) is 25.1 Å². The first kappa shape index (κ1) is 10.9. The number of anilines is 1. The Labute approximate surface area is 95.5 Å². The number of rotatable bonds is 3. The molecule has 0 saturated carbocycles. The average molecular weight is 225 g/mol. The summed E-state index contributed by atoms with van der Waals surface area (Å²) in [6, 6.07) is 0. The van der Waals surface area contributed by atoms with Gasteiger partial charge < -0.3 is 10.2 Å². The second kappa shape index (κ2) is 4.94. The molecule has 0 atom stereocenters. The largest absolute Gasteiger partial charge is 0.348 e. The van der Waals surface area contributed by atoms with E-state index in [0.717, 1.165) is 12.5 Å². The van der Waals surface area contributed by atoms with Crippen molar-refractivity contribution in [3.8, 4) is 0 Å². The van der Waals surface area contributed by atoms with Crippen molar-refractivity contribution in [1.82, 2.24) is 10.3 Å². The SMILES string of the molecule is CNCc1cnc(N2CCC(C)CC2)s1. The molecule has 0 bridgehead atoms. The van der Waals surface area contributed by atoms with Crippen LogP contribution in [0.15, 0.2) is 6.20 Å². The summed E-state index contributed by atoms with van der Waals surface area (Å²) in [7, 11) is 1.97. The number of nitrogens with one attached hydrogen (secondary N) is 1. The van der Waals surface area contributed by atoms with Gasteiger partial charge in [-0.05, 0) is 25.8 Å². The Kier molecular flexibility index (Phi) is 3.59. The van der Waals surface area contributed by atoms with Crippen LogP contribution in [0, 0.1) is 5.92 Å². The number of hydrogen-bond acceptors (Lipinski definition) is 4. The summed E-state index contributed by atoms with van der Waals surface area (Å²) in [6.07, 6.45) is 4.61. The fraction of sp³-hybridized carbons (Fsp3) is 0.727. The van der Waals surface area contributed by atoms with E-state index in [2.05, 4.69) is 22.1 Å². The lowest BCUT2D eigenvalue weighted by Gasteiger charge is -2.29. The Morgan fingerprint density at radius 2 is 2.27 bits per heavy atom. The van der Waals surface area contributed by atoms with Crippen LogP contribution in [0.3, 0.4) is 0 Å². The fourth-order valence-corrected chi connectivity index (χ4v) is 2.87. The third-order valence-corrected chi connectivity index (χ3v) is 4.00. The minimum Gasteiger partial charge on any atom is -0.348 e. The highest BCUT2D eigenvalue weighted by Gasteiger charge is 2.18. The van der Waals surface area contributed by atoms with Crippen molar-refractivity contribution in [1.29, 1.82) is 0 Å². The molecule has 1 aromatic rings. The first-order chi connectivity index (χ1) is 7.29. The molecular formula is C11H19N3S. The van der Waals surface area contributed by atoms with Gasteiger partial charge in [-0.2, -0.15) is 0 Å². The molecule has 0 radical (unpaired) electrons. The summed E-state index contributed by atoms with van der Waals surface area (Å²) in [6.45, 7) is 5.62. The number of hydrogen-bond donors (Lipinski definition) is 1. The van der Waals surface area contributed by atoms with Crippen molar-refractivity contribution >= 4 is 16.5 Å². The Bertz CT molecular complexity index is 303. The standard InChI is InChI=1S/C11H19N3S/c1-9-3-5-14(6-4-9)11-13-8-10(15-11)7-12-2/h8-9,12H,3-7H2,1-2H3. The van der Waals surface area contributed by atoms with Crippen LogP contribution in [0.5, 0.6) is 0 Å². The molecule has 1 aliphatic heterocycles. The number of nitrogens with zero attached hydrogens (tertiary/aromatic N) is 2. The van der Waals surface area contributed by atoms with Gasteiger partial charge in [-0.25, -0.2) is 4.98 Å². The van der Waals surface area contributed by atoms with Gasteiger partial charge in [0.05, 0.1) is 0 Å². The van der Waals surface area contributed by atoms with E-state index in [-0.39, 0.29) is 0 Å². The molecule has 1 aliphatic rings. The zero-order valence-corrected chi connectivity index (χ0v) is 10.3. The van der Waals surface area contributed by atoms with E-state index in [0.29, 0.717) is 0 Å². The fourth-order valence-electron chi connectivity index (χ4n) is 1.90. The second-order valence-corrected chi connectivity index (χ2v) is 5.40. The molecule has 0 aromatic carbocycles. The Hall–Kier alpha value is -0.610. The Balaban J connectivity index is 1.96. The molecule has 15 heavy (non-hydrogen) atoms. The van der Waals surface area contributed by atoms with E-state index in [1.165, 1.54) is 35.9 Å². The molecule has 1 saturated heterocycles. The van der Waals surface area contributed by atoms with E-state index in [4.69, 9.17) is 0 Å². The third-order valence-electron chi connectivity index (χ3n) is 2.95. The summed E-state index contributed by atoms with van der Waals surface area (Å²) < 4.78 is 0. The summed E-state index contributed by atoms with van der Waals surface area (Å²) in [5, 5.41) is 4.36. The molecule has 0 unspecified atom stereocenters. The number of piperidine rings is 1. The molecule has 0 spiro atoms. The van der Waals surface area contributed by atoms with Gasteiger partial charge in [0.25, 0.3) is 0 Å². The van der Waals surface area contributed by atoms with Gasteiger partial charge in [-0.15, -0.1) is 11.3 Å². The van der Waals surface area contributed by atoms with Crippen LogP contribution in [-0.2, 0) is 6.54 Å². The molecule has 1 N–H and O–H groups in total. The normalized spacial score (nSPS) is 18.4. The molecule has 2 rings (SSSR count). The van der Waals surface area contributed by atoms with Crippen molar-refractivity contribution < 1.29 is 0 Å². The third kappa shape index (κ3) is 2.69. The van der Waals surface area contributed by atoms with E-state index in [1.807, 2.05) is 24.6 Å². The highest BCUT2D eigenvalue weighted by molar-refractivity contribution is 7.15. The van der Waals surface area contributed by atoms with Crippen molar-refractivity contribution in [2.75, 3.05) is 25.0 Å². The van der Waals surface area contributed by atoms with Gasteiger partial charge in [0.1, 0.15) is 0 Å². The minimum atomic E-state index is 0.887. The van der Waals surface area contributed by atoms with Crippen LogP contribution in [0.2, 0.25) is 0 Å². The van der Waals surface area contributed by atoms with Gasteiger partial charge in [0, 0.05) is 30.7 Å². The van der Waals surface area contributed by atoms with Gasteiger partial charge in [0.15, 0.2) is 5.13 Å².